The van der Waals surface area contributed by atoms with Crippen LogP contribution in [0.2, 0.25) is 0 Å². The summed E-state index contributed by atoms with van der Waals surface area (Å²) in [5.41, 5.74) is 5.42. The smallest absolute Gasteiger partial charge is 0.262 e. The molecular weight excluding hydrogens is 338 g/mol. The summed E-state index contributed by atoms with van der Waals surface area (Å²) in [7, 11) is 1.63. The van der Waals surface area contributed by atoms with Crippen LogP contribution in [0.4, 0.5) is 11.4 Å². The van der Waals surface area contributed by atoms with Gasteiger partial charge in [0.1, 0.15) is 5.75 Å². The molecule has 1 N–H and O–H groups in total. The van der Waals surface area contributed by atoms with Crippen molar-refractivity contribution in [3.05, 3.63) is 83.2 Å². The van der Waals surface area contributed by atoms with E-state index in [1.165, 1.54) is 0 Å². The van der Waals surface area contributed by atoms with Crippen molar-refractivity contribution in [2.45, 2.75) is 20.0 Å². The first-order chi connectivity index (χ1) is 13.1. The highest BCUT2D eigenvalue weighted by Crippen LogP contribution is 2.38. The van der Waals surface area contributed by atoms with E-state index in [1.54, 1.807) is 24.3 Å². The van der Waals surface area contributed by atoms with Crippen LogP contribution in [0.5, 0.6) is 5.75 Å². The minimum absolute atomic E-state index is 0.0638. The van der Waals surface area contributed by atoms with Crippen LogP contribution in [0.25, 0.3) is 0 Å². The molecule has 0 saturated carbocycles. The fourth-order valence-electron chi connectivity index (χ4n) is 3.37. The molecule has 136 valence electrons. The molecule has 1 atom stereocenters. The first kappa shape index (κ1) is 17.1. The highest BCUT2D eigenvalue weighted by molar-refractivity contribution is 6.11. The van der Waals surface area contributed by atoms with Gasteiger partial charge in [-0.15, -0.1) is 0 Å². The molecule has 1 aromatic heterocycles. The Morgan fingerprint density at radius 3 is 2.59 bits per heavy atom. The van der Waals surface area contributed by atoms with Gasteiger partial charge >= 0.3 is 0 Å². The maximum atomic E-state index is 13.1. The molecule has 0 aliphatic carbocycles. The van der Waals surface area contributed by atoms with Gasteiger partial charge < -0.3 is 10.1 Å². The van der Waals surface area contributed by atoms with E-state index in [-0.39, 0.29) is 12.1 Å². The fraction of sp³-hybridized carbons (Fsp3) is 0.182. The molecule has 5 heteroatoms. The number of rotatable bonds is 4. The molecule has 0 radical (unpaired) electrons. The van der Waals surface area contributed by atoms with E-state index in [0.29, 0.717) is 5.56 Å². The number of amides is 1. The van der Waals surface area contributed by atoms with Gasteiger partial charge in [0.25, 0.3) is 5.91 Å². The lowest BCUT2D eigenvalue weighted by molar-refractivity contribution is 0.0993. The predicted molar refractivity (Wildman–Crippen MR) is 106 cm³/mol. The number of ether oxygens (including phenoxy) is 1. The summed E-state index contributed by atoms with van der Waals surface area (Å²) in [4.78, 5) is 19.4. The number of hydrogen-bond acceptors (Lipinski definition) is 4. The third kappa shape index (κ3) is 3.01. The van der Waals surface area contributed by atoms with E-state index in [1.807, 2.05) is 30.3 Å². The standard InChI is InChI=1S/C22H21N3O2/c1-14-6-7-15(2)19(13-14)24-21-20-18(5-4-12-23-20)22(26)25(21)16-8-10-17(27-3)11-9-16/h4-13,21,24H,1-3H3. The van der Waals surface area contributed by atoms with Crippen molar-refractivity contribution in [1.82, 2.24) is 4.98 Å². The Morgan fingerprint density at radius 1 is 1.07 bits per heavy atom. The van der Waals surface area contributed by atoms with Gasteiger partial charge in [0.05, 0.1) is 18.4 Å². The predicted octanol–water partition coefficient (Wildman–Crippen LogP) is 4.48. The molecule has 1 unspecified atom stereocenters. The molecule has 2 heterocycles. The Hall–Kier alpha value is -3.34. The molecule has 1 amide bonds. The summed E-state index contributed by atoms with van der Waals surface area (Å²) in [6.45, 7) is 4.10. The summed E-state index contributed by atoms with van der Waals surface area (Å²) >= 11 is 0. The molecule has 5 nitrogen and oxygen atoms in total. The van der Waals surface area contributed by atoms with Gasteiger partial charge in [-0.3, -0.25) is 14.7 Å². The van der Waals surface area contributed by atoms with Gasteiger partial charge in [0.2, 0.25) is 0 Å². The first-order valence-corrected chi connectivity index (χ1v) is 8.85. The normalized spacial score (nSPS) is 15.6. The third-order valence-corrected chi connectivity index (χ3v) is 4.84. The summed E-state index contributed by atoms with van der Waals surface area (Å²) in [6, 6.07) is 17.4. The summed E-state index contributed by atoms with van der Waals surface area (Å²) < 4.78 is 5.24. The van der Waals surface area contributed by atoms with E-state index in [2.05, 4.69) is 42.3 Å². The zero-order valence-electron chi connectivity index (χ0n) is 15.6. The number of fused-ring (bicyclic) bond motifs is 1. The second kappa shape index (κ2) is 6.76. The van der Waals surface area contributed by atoms with E-state index >= 15 is 0 Å². The van der Waals surface area contributed by atoms with Crippen LogP contribution in [0.3, 0.4) is 0 Å². The zero-order valence-corrected chi connectivity index (χ0v) is 15.6. The molecule has 1 aliphatic rings. The van der Waals surface area contributed by atoms with Crippen LogP contribution in [-0.4, -0.2) is 18.0 Å². The average molecular weight is 359 g/mol. The monoisotopic (exact) mass is 359 g/mol. The van der Waals surface area contributed by atoms with Crippen LogP contribution in [0.15, 0.2) is 60.8 Å². The van der Waals surface area contributed by atoms with Crippen molar-refractivity contribution in [1.29, 1.82) is 0 Å². The number of hydrogen-bond donors (Lipinski definition) is 1. The number of methoxy groups -OCH3 is 1. The van der Waals surface area contributed by atoms with Crippen molar-refractivity contribution < 1.29 is 9.53 Å². The molecule has 3 aromatic rings. The van der Waals surface area contributed by atoms with Crippen molar-refractivity contribution >= 4 is 17.3 Å². The highest BCUT2D eigenvalue weighted by Gasteiger charge is 2.39. The van der Waals surface area contributed by atoms with Crippen LogP contribution < -0.4 is 15.0 Å². The van der Waals surface area contributed by atoms with E-state index in [0.717, 1.165) is 33.9 Å². The number of benzene rings is 2. The fourth-order valence-corrected chi connectivity index (χ4v) is 3.37. The first-order valence-electron chi connectivity index (χ1n) is 8.85. The van der Waals surface area contributed by atoms with E-state index in [9.17, 15) is 4.79 Å². The summed E-state index contributed by atoms with van der Waals surface area (Å²) in [6.07, 6.45) is 1.35. The van der Waals surface area contributed by atoms with Gasteiger partial charge in [-0.25, -0.2) is 0 Å². The van der Waals surface area contributed by atoms with Gasteiger partial charge in [-0.1, -0.05) is 12.1 Å². The molecule has 0 fully saturated rings. The Balaban J connectivity index is 1.78. The lowest BCUT2D eigenvalue weighted by Gasteiger charge is -2.27. The molecule has 2 aromatic carbocycles. The van der Waals surface area contributed by atoms with Crippen LogP contribution in [0.1, 0.15) is 33.3 Å². The number of carbonyl (C=O) groups excluding carboxylic acids is 1. The molecule has 0 bridgehead atoms. The number of carbonyl (C=O) groups is 1. The van der Waals surface area contributed by atoms with Crippen molar-refractivity contribution in [2.24, 2.45) is 0 Å². The molecule has 4 rings (SSSR count). The SMILES string of the molecule is COc1ccc(N2C(=O)c3cccnc3C2Nc2cc(C)ccc2C)cc1. The maximum absolute atomic E-state index is 13.1. The quantitative estimate of drug-likeness (QED) is 0.746. The van der Waals surface area contributed by atoms with Gasteiger partial charge in [-0.05, 0) is 67.4 Å². The molecule has 1 aliphatic heterocycles. The Labute approximate surface area is 158 Å². The van der Waals surface area contributed by atoms with Gasteiger partial charge in [-0.2, -0.15) is 0 Å². The topological polar surface area (TPSA) is 54.5 Å². The minimum Gasteiger partial charge on any atom is -0.497 e. The van der Waals surface area contributed by atoms with E-state index < -0.39 is 0 Å². The molecule has 27 heavy (non-hydrogen) atoms. The second-order valence-corrected chi connectivity index (χ2v) is 6.67. The molecular formula is C22H21N3O2. The van der Waals surface area contributed by atoms with Crippen molar-refractivity contribution in [3.63, 3.8) is 0 Å². The van der Waals surface area contributed by atoms with Crippen LogP contribution in [-0.2, 0) is 0 Å². The highest BCUT2D eigenvalue weighted by atomic mass is 16.5. The number of nitrogens with one attached hydrogen (secondary N) is 1. The number of aryl methyl sites for hydroxylation is 2. The summed E-state index contributed by atoms with van der Waals surface area (Å²) in [5.74, 6) is 0.686. The third-order valence-electron chi connectivity index (χ3n) is 4.84. The number of aromatic nitrogens is 1. The molecule has 0 spiro atoms. The van der Waals surface area contributed by atoms with Crippen LogP contribution in [0, 0.1) is 13.8 Å². The maximum Gasteiger partial charge on any atom is 0.262 e. The number of pyridine rings is 1. The Kier molecular flexibility index (Phi) is 4.28. The van der Waals surface area contributed by atoms with Crippen molar-refractivity contribution in [3.8, 4) is 5.75 Å². The van der Waals surface area contributed by atoms with Gasteiger partial charge in [0.15, 0.2) is 6.17 Å². The number of nitrogens with zero attached hydrogens (tertiary/aromatic N) is 2. The largest absolute Gasteiger partial charge is 0.497 e. The second-order valence-electron chi connectivity index (χ2n) is 6.67. The number of anilines is 2. The lowest BCUT2D eigenvalue weighted by Crippen LogP contribution is -2.32. The minimum atomic E-state index is -0.373. The molecule has 0 saturated heterocycles. The van der Waals surface area contributed by atoms with Gasteiger partial charge in [0, 0.05) is 17.6 Å². The average Bonchev–Trinajstić information content (AvgIpc) is 2.97. The lowest BCUT2D eigenvalue weighted by atomic mass is 10.1. The van der Waals surface area contributed by atoms with Crippen molar-refractivity contribution in [2.75, 3.05) is 17.3 Å². The van der Waals surface area contributed by atoms with E-state index in [4.69, 9.17) is 4.74 Å². The summed E-state index contributed by atoms with van der Waals surface area (Å²) in [5, 5.41) is 3.53. The Morgan fingerprint density at radius 2 is 1.85 bits per heavy atom. The Bertz CT molecular complexity index is 999. The van der Waals surface area contributed by atoms with Crippen LogP contribution >= 0.6 is 0 Å². The zero-order chi connectivity index (χ0) is 19.0.